The van der Waals surface area contributed by atoms with E-state index in [9.17, 15) is 22.4 Å². The van der Waals surface area contributed by atoms with Gasteiger partial charge in [-0.2, -0.15) is 0 Å². The van der Waals surface area contributed by atoms with Crippen LogP contribution in [0.5, 0.6) is 0 Å². The van der Waals surface area contributed by atoms with Crippen molar-refractivity contribution in [1.29, 1.82) is 0 Å². The van der Waals surface area contributed by atoms with Gasteiger partial charge >= 0.3 is 0 Å². The van der Waals surface area contributed by atoms with Crippen LogP contribution in [0.25, 0.3) is 0 Å². The molecule has 0 bridgehead atoms. The molecular weight excluding hydrogens is 491 g/mol. The first kappa shape index (κ1) is 26.7. The molecule has 0 heterocycles. The summed E-state index contributed by atoms with van der Waals surface area (Å²) in [6.45, 7) is 0. The number of ketones is 1. The van der Waals surface area contributed by atoms with Crippen LogP contribution in [-0.2, 0) is 27.7 Å². The van der Waals surface area contributed by atoms with Crippen molar-refractivity contribution >= 4 is 21.7 Å². The third kappa shape index (κ3) is 7.57. The van der Waals surface area contributed by atoms with Crippen LogP contribution < -0.4 is 10.0 Å². The van der Waals surface area contributed by atoms with Gasteiger partial charge in [0.15, 0.2) is 5.78 Å². The molecule has 0 aromatic heterocycles. The Morgan fingerprint density at radius 1 is 0.838 bits per heavy atom. The van der Waals surface area contributed by atoms with Gasteiger partial charge in [0.2, 0.25) is 10.0 Å². The number of nitrogens with one attached hydrogen (secondary N) is 2. The Hall–Kier alpha value is -3.36. The highest BCUT2D eigenvalue weighted by Gasteiger charge is 2.24. The number of Topliss-reactive ketones (excluding diaryl/α,β-unsaturated/α-hetero) is 1. The summed E-state index contributed by atoms with van der Waals surface area (Å²) >= 11 is 0. The molecule has 1 aliphatic rings. The van der Waals surface area contributed by atoms with Gasteiger partial charge in [0, 0.05) is 18.0 Å². The van der Waals surface area contributed by atoms with E-state index in [0.29, 0.717) is 12.0 Å². The average Bonchev–Trinajstić information content (AvgIpc) is 2.90. The van der Waals surface area contributed by atoms with Gasteiger partial charge in [-0.15, -0.1) is 0 Å². The molecule has 0 radical (unpaired) electrons. The Balaban J connectivity index is 1.45. The normalized spacial score (nSPS) is 15.2. The Morgan fingerprint density at radius 2 is 1.49 bits per heavy atom. The molecule has 1 saturated carbocycles. The molecule has 0 unspecified atom stereocenters. The number of rotatable bonds is 10. The quantitative estimate of drug-likeness (QED) is 0.407. The van der Waals surface area contributed by atoms with Gasteiger partial charge in [-0.05, 0) is 66.8 Å². The van der Waals surface area contributed by atoms with E-state index >= 15 is 0 Å². The predicted octanol–water partition coefficient (Wildman–Crippen LogP) is 4.59. The second-order valence-corrected chi connectivity index (χ2v) is 11.2. The standard InChI is InChI=1S/C29H31FN2O4S/c30-24-15-13-23(14-16-24)29(34)31-27(19-21-7-3-1-4-8-21)28(33)20-22-11-17-26(18-12-22)37(35,36)32-25-9-5-2-6-10-25/h1,3-4,7-8,11-18,25,27,32H,2,5-6,9-10,19-20H2,(H,31,34)/t27-/m0/s1. The van der Waals surface area contributed by atoms with Crippen molar-refractivity contribution in [1.82, 2.24) is 10.0 Å². The number of carbonyl (C=O) groups excluding carboxylic acids is 2. The van der Waals surface area contributed by atoms with Crippen LogP contribution in [0.15, 0.2) is 83.8 Å². The van der Waals surface area contributed by atoms with Gasteiger partial charge in [-0.1, -0.05) is 61.7 Å². The maximum atomic E-state index is 13.3. The average molecular weight is 523 g/mol. The van der Waals surface area contributed by atoms with Gasteiger partial charge in [-0.3, -0.25) is 9.59 Å². The second kappa shape index (κ2) is 12.3. The summed E-state index contributed by atoms with van der Waals surface area (Å²) in [6, 6.07) is 19.9. The van der Waals surface area contributed by atoms with E-state index in [0.717, 1.165) is 37.7 Å². The predicted molar refractivity (Wildman–Crippen MR) is 140 cm³/mol. The maximum Gasteiger partial charge on any atom is 0.251 e. The topological polar surface area (TPSA) is 92.3 Å². The molecule has 0 spiro atoms. The summed E-state index contributed by atoms with van der Waals surface area (Å²) in [5.74, 6) is -1.13. The molecule has 194 valence electrons. The van der Waals surface area contributed by atoms with Gasteiger partial charge in [0.1, 0.15) is 5.82 Å². The minimum atomic E-state index is -3.63. The van der Waals surface area contributed by atoms with Crippen molar-refractivity contribution in [2.75, 3.05) is 0 Å². The lowest BCUT2D eigenvalue weighted by molar-refractivity contribution is -0.120. The van der Waals surface area contributed by atoms with Crippen molar-refractivity contribution in [2.24, 2.45) is 0 Å². The molecule has 8 heteroatoms. The molecule has 6 nitrogen and oxygen atoms in total. The number of carbonyl (C=O) groups is 2. The zero-order valence-corrected chi connectivity index (χ0v) is 21.3. The van der Waals surface area contributed by atoms with Crippen molar-refractivity contribution in [3.05, 3.63) is 101 Å². The van der Waals surface area contributed by atoms with Gasteiger partial charge in [0.05, 0.1) is 10.9 Å². The van der Waals surface area contributed by atoms with Crippen LogP contribution in [0.1, 0.15) is 53.6 Å². The van der Waals surface area contributed by atoms with E-state index in [-0.39, 0.29) is 28.7 Å². The molecule has 1 amide bonds. The largest absolute Gasteiger partial charge is 0.342 e. The Labute approximate surface area is 217 Å². The lowest BCUT2D eigenvalue weighted by Crippen LogP contribution is -2.43. The van der Waals surface area contributed by atoms with Gasteiger partial charge < -0.3 is 5.32 Å². The van der Waals surface area contributed by atoms with Crippen molar-refractivity contribution < 1.29 is 22.4 Å². The Kier molecular flexibility index (Phi) is 8.84. The summed E-state index contributed by atoms with van der Waals surface area (Å²) < 4.78 is 41.6. The highest BCUT2D eigenvalue weighted by Crippen LogP contribution is 2.20. The van der Waals surface area contributed by atoms with Crippen LogP contribution in [0, 0.1) is 5.82 Å². The smallest absolute Gasteiger partial charge is 0.251 e. The molecule has 1 fully saturated rings. The molecular formula is C29H31FN2O4S. The lowest BCUT2D eigenvalue weighted by Gasteiger charge is -2.22. The number of hydrogen-bond donors (Lipinski definition) is 2. The zero-order chi connectivity index (χ0) is 26.3. The fraction of sp³-hybridized carbons (Fsp3) is 0.310. The molecule has 2 N–H and O–H groups in total. The molecule has 1 aliphatic carbocycles. The molecule has 3 aromatic rings. The molecule has 37 heavy (non-hydrogen) atoms. The summed E-state index contributed by atoms with van der Waals surface area (Å²) in [6.07, 6.45) is 5.20. The van der Waals surface area contributed by atoms with E-state index in [1.54, 1.807) is 12.1 Å². The highest BCUT2D eigenvalue weighted by atomic mass is 32.2. The van der Waals surface area contributed by atoms with E-state index in [4.69, 9.17) is 0 Å². The van der Waals surface area contributed by atoms with Gasteiger partial charge in [-0.25, -0.2) is 17.5 Å². The number of amides is 1. The number of halogens is 1. The summed E-state index contributed by atoms with van der Waals surface area (Å²) in [5.41, 5.74) is 1.79. The molecule has 1 atom stereocenters. The van der Waals surface area contributed by atoms with E-state index in [1.165, 1.54) is 36.4 Å². The fourth-order valence-corrected chi connectivity index (χ4v) is 5.86. The monoisotopic (exact) mass is 522 g/mol. The van der Waals surface area contributed by atoms with Crippen molar-refractivity contribution in [3.8, 4) is 0 Å². The molecule has 3 aromatic carbocycles. The van der Waals surface area contributed by atoms with Gasteiger partial charge in [0.25, 0.3) is 5.91 Å². The summed E-state index contributed by atoms with van der Waals surface area (Å²) in [4.78, 5) is 26.2. The first-order valence-corrected chi connectivity index (χ1v) is 14.0. The maximum absolute atomic E-state index is 13.3. The Morgan fingerprint density at radius 3 is 2.14 bits per heavy atom. The van der Waals surface area contributed by atoms with Crippen LogP contribution in [0.4, 0.5) is 4.39 Å². The second-order valence-electron chi connectivity index (χ2n) is 9.47. The van der Waals surface area contributed by atoms with E-state index in [2.05, 4.69) is 10.0 Å². The number of hydrogen-bond acceptors (Lipinski definition) is 4. The first-order chi connectivity index (χ1) is 17.8. The van der Waals surface area contributed by atoms with Crippen LogP contribution in [0.3, 0.4) is 0 Å². The Bertz CT molecular complexity index is 1300. The lowest BCUT2D eigenvalue weighted by atomic mass is 9.96. The highest BCUT2D eigenvalue weighted by molar-refractivity contribution is 7.89. The SMILES string of the molecule is O=C(N[C@@H](Cc1ccccc1)C(=O)Cc1ccc(S(=O)(=O)NC2CCCCC2)cc1)c1ccc(F)cc1. The first-order valence-electron chi connectivity index (χ1n) is 12.5. The third-order valence-corrected chi connectivity index (χ3v) is 8.16. The van der Waals surface area contributed by atoms with E-state index < -0.39 is 27.8 Å². The van der Waals surface area contributed by atoms with Crippen LogP contribution >= 0.6 is 0 Å². The van der Waals surface area contributed by atoms with Crippen LogP contribution in [0.2, 0.25) is 0 Å². The van der Waals surface area contributed by atoms with Crippen molar-refractivity contribution in [2.45, 2.75) is 61.9 Å². The molecule has 0 saturated heterocycles. The fourth-order valence-electron chi connectivity index (χ4n) is 4.56. The van der Waals surface area contributed by atoms with Crippen molar-refractivity contribution in [3.63, 3.8) is 0 Å². The minimum absolute atomic E-state index is 0.0254. The third-order valence-electron chi connectivity index (χ3n) is 6.62. The summed E-state index contributed by atoms with van der Waals surface area (Å²) in [7, 11) is -3.63. The molecule has 0 aliphatic heterocycles. The minimum Gasteiger partial charge on any atom is -0.342 e. The summed E-state index contributed by atoms with van der Waals surface area (Å²) in [5, 5.41) is 2.79. The zero-order valence-electron chi connectivity index (χ0n) is 20.5. The van der Waals surface area contributed by atoms with E-state index in [1.807, 2.05) is 30.3 Å². The van der Waals surface area contributed by atoms with Crippen LogP contribution in [-0.4, -0.2) is 32.2 Å². The molecule has 4 rings (SSSR count). The number of sulfonamides is 1. The number of benzene rings is 3.